The molecule has 0 spiro atoms. The summed E-state index contributed by atoms with van der Waals surface area (Å²) in [6, 6.07) is 9.24. The summed E-state index contributed by atoms with van der Waals surface area (Å²) in [4.78, 5) is 16.5. The quantitative estimate of drug-likeness (QED) is 0.874. The summed E-state index contributed by atoms with van der Waals surface area (Å²) >= 11 is 0. The summed E-state index contributed by atoms with van der Waals surface area (Å²) in [5.74, 6) is 0.180. The number of amides is 1. The van der Waals surface area contributed by atoms with E-state index in [0.717, 1.165) is 32.1 Å². The third kappa shape index (κ3) is 3.33. The number of hydrogen-bond acceptors (Lipinski definition) is 3. The molecule has 0 aromatic heterocycles. The van der Waals surface area contributed by atoms with Crippen molar-refractivity contribution in [3.05, 3.63) is 35.4 Å². The van der Waals surface area contributed by atoms with E-state index in [1.54, 1.807) is 0 Å². The molecule has 22 heavy (non-hydrogen) atoms. The molecule has 4 heteroatoms. The molecule has 4 nitrogen and oxygen atoms in total. The number of nitrogens with zero attached hydrogens (tertiary/aromatic N) is 2. The normalized spacial score (nSPS) is 20.8. The standard InChI is InChI=1S/C18H26N2O2/c1-19(15-9-10-15)18(22)13-20(11-12-21)17-8-4-6-14-5-2-3-7-16(14)17/h2-3,5,7,15,17,21H,4,6,8-13H2,1H3. The van der Waals surface area contributed by atoms with Crippen LogP contribution in [0.4, 0.5) is 0 Å². The van der Waals surface area contributed by atoms with Gasteiger partial charge in [0.1, 0.15) is 0 Å². The van der Waals surface area contributed by atoms with Crippen LogP contribution in [0.2, 0.25) is 0 Å². The zero-order valence-electron chi connectivity index (χ0n) is 13.4. The summed E-state index contributed by atoms with van der Waals surface area (Å²) in [7, 11) is 1.91. The van der Waals surface area contributed by atoms with Crippen molar-refractivity contribution in [2.45, 2.75) is 44.2 Å². The van der Waals surface area contributed by atoms with Crippen LogP contribution < -0.4 is 0 Å². The molecule has 1 atom stereocenters. The Balaban J connectivity index is 1.75. The second kappa shape index (κ2) is 6.80. The van der Waals surface area contributed by atoms with E-state index in [1.165, 1.54) is 11.1 Å². The number of fused-ring (bicyclic) bond motifs is 1. The first-order chi connectivity index (χ1) is 10.7. The Bertz CT molecular complexity index is 528. The molecule has 1 aromatic rings. The van der Waals surface area contributed by atoms with Crippen molar-refractivity contribution in [1.82, 2.24) is 9.80 Å². The SMILES string of the molecule is CN(C(=O)CN(CCO)C1CCCc2ccccc21)C1CC1. The maximum absolute atomic E-state index is 12.5. The molecule has 1 fully saturated rings. The van der Waals surface area contributed by atoms with Gasteiger partial charge in [-0.2, -0.15) is 0 Å². The summed E-state index contributed by atoms with van der Waals surface area (Å²) in [5.41, 5.74) is 2.73. The van der Waals surface area contributed by atoms with Crippen molar-refractivity contribution in [2.75, 3.05) is 26.7 Å². The summed E-state index contributed by atoms with van der Waals surface area (Å²) in [5, 5.41) is 9.42. The summed E-state index contributed by atoms with van der Waals surface area (Å²) in [6.07, 6.45) is 5.60. The Labute approximate surface area is 132 Å². The Morgan fingerprint density at radius 3 is 2.77 bits per heavy atom. The van der Waals surface area contributed by atoms with Crippen molar-refractivity contribution in [3.63, 3.8) is 0 Å². The first-order valence-corrected chi connectivity index (χ1v) is 8.39. The molecule has 0 aliphatic heterocycles. The van der Waals surface area contributed by atoms with Gasteiger partial charge in [0.2, 0.25) is 5.91 Å². The molecule has 0 heterocycles. The number of carbonyl (C=O) groups is 1. The predicted molar refractivity (Wildman–Crippen MR) is 86.6 cm³/mol. The largest absolute Gasteiger partial charge is 0.395 e. The predicted octanol–water partition coefficient (Wildman–Crippen LogP) is 1.98. The van der Waals surface area contributed by atoms with Crippen molar-refractivity contribution >= 4 is 5.91 Å². The van der Waals surface area contributed by atoms with E-state index in [0.29, 0.717) is 19.1 Å². The molecule has 120 valence electrons. The fourth-order valence-electron chi connectivity index (χ4n) is 3.53. The highest BCUT2D eigenvalue weighted by Crippen LogP contribution is 2.34. The van der Waals surface area contributed by atoms with Gasteiger partial charge < -0.3 is 10.0 Å². The molecule has 2 aliphatic carbocycles. The first-order valence-electron chi connectivity index (χ1n) is 8.39. The minimum absolute atomic E-state index is 0.0963. The molecule has 1 unspecified atom stereocenters. The molecular formula is C18H26N2O2. The van der Waals surface area contributed by atoms with Crippen LogP contribution in [0.25, 0.3) is 0 Å². The molecule has 1 N–H and O–H groups in total. The lowest BCUT2D eigenvalue weighted by atomic mass is 9.86. The van der Waals surface area contributed by atoms with Crippen molar-refractivity contribution in [3.8, 4) is 0 Å². The summed E-state index contributed by atoms with van der Waals surface area (Å²) in [6.45, 7) is 1.06. The van der Waals surface area contributed by atoms with E-state index in [4.69, 9.17) is 0 Å². The molecule has 1 amide bonds. The lowest BCUT2D eigenvalue weighted by Crippen LogP contribution is -2.43. The van der Waals surface area contributed by atoms with Gasteiger partial charge in [-0.25, -0.2) is 0 Å². The van der Waals surface area contributed by atoms with Crippen LogP contribution in [0.15, 0.2) is 24.3 Å². The lowest BCUT2D eigenvalue weighted by Gasteiger charge is -2.36. The Kier molecular flexibility index (Phi) is 4.79. The molecule has 0 radical (unpaired) electrons. The number of carbonyl (C=O) groups excluding carboxylic acids is 1. The van der Waals surface area contributed by atoms with E-state index in [2.05, 4.69) is 29.2 Å². The van der Waals surface area contributed by atoms with Crippen LogP contribution in [0.5, 0.6) is 0 Å². The van der Waals surface area contributed by atoms with Crippen molar-refractivity contribution in [2.24, 2.45) is 0 Å². The van der Waals surface area contributed by atoms with Gasteiger partial charge in [0, 0.05) is 25.7 Å². The van der Waals surface area contributed by atoms with Gasteiger partial charge in [-0.05, 0) is 43.2 Å². The van der Waals surface area contributed by atoms with Crippen molar-refractivity contribution in [1.29, 1.82) is 0 Å². The average molecular weight is 302 g/mol. The molecule has 0 bridgehead atoms. The van der Waals surface area contributed by atoms with Crippen LogP contribution in [-0.4, -0.2) is 53.6 Å². The molecular weight excluding hydrogens is 276 g/mol. The smallest absolute Gasteiger partial charge is 0.236 e. The minimum Gasteiger partial charge on any atom is -0.395 e. The van der Waals surface area contributed by atoms with Crippen LogP contribution in [-0.2, 0) is 11.2 Å². The second-order valence-electron chi connectivity index (χ2n) is 6.54. The molecule has 2 aliphatic rings. The molecule has 1 saturated carbocycles. The van der Waals surface area contributed by atoms with E-state index in [1.807, 2.05) is 11.9 Å². The first kappa shape index (κ1) is 15.5. The van der Waals surface area contributed by atoms with Gasteiger partial charge in [-0.1, -0.05) is 24.3 Å². The third-order valence-corrected chi connectivity index (χ3v) is 4.99. The molecule has 3 rings (SSSR count). The monoisotopic (exact) mass is 302 g/mol. The van der Waals surface area contributed by atoms with E-state index in [9.17, 15) is 9.90 Å². The topological polar surface area (TPSA) is 43.8 Å². The van der Waals surface area contributed by atoms with Crippen LogP contribution in [0.3, 0.4) is 0 Å². The van der Waals surface area contributed by atoms with Crippen molar-refractivity contribution < 1.29 is 9.90 Å². The van der Waals surface area contributed by atoms with Crippen LogP contribution in [0, 0.1) is 0 Å². The maximum Gasteiger partial charge on any atom is 0.236 e. The van der Waals surface area contributed by atoms with Crippen LogP contribution >= 0.6 is 0 Å². The number of hydrogen-bond donors (Lipinski definition) is 1. The zero-order chi connectivity index (χ0) is 15.5. The number of aliphatic hydroxyl groups is 1. The fourth-order valence-corrected chi connectivity index (χ4v) is 3.53. The number of aryl methyl sites for hydroxylation is 1. The van der Waals surface area contributed by atoms with Crippen LogP contribution in [0.1, 0.15) is 42.9 Å². The fraction of sp³-hybridized carbons (Fsp3) is 0.611. The van der Waals surface area contributed by atoms with E-state index in [-0.39, 0.29) is 18.6 Å². The highest BCUT2D eigenvalue weighted by atomic mass is 16.3. The van der Waals surface area contributed by atoms with E-state index < -0.39 is 0 Å². The van der Waals surface area contributed by atoms with Gasteiger partial charge in [0.25, 0.3) is 0 Å². The lowest BCUT2D eigenvalue weighted by molar-refractivity contribution is -0.132. The van der Waals surface area contributed by atoms with Gasteiger partial charge in [-0.15, -0.1) is 0 Å². The Morgan fingerprint density at radius 2 is 2.05 bits per heavy atom. The minimum atomic E-state index is 0.0963. The maximum atomic E-state index is 12.5. The second-order valence-corrected chi connectivity index (χ2v) is 6.54. The summed E-state index contributed by atoms with van der Waals surface area (Å²) < 4.78 is 0. The number of likely N-dealkylation sites (N-methyl/N-ethyl adjacent to an activating group) is 1. The highest BCUT2D eigenvalue weighted by Gasteiger charge is 2.32. The van der Waals surface area contributed by atoms with Gasteiger partial charge in [-0.3, -0.25) is 9.69 Å². The number of aliphatic hydroxyl groups excluding tert-OH is 1. The Morgan fingerprint density at radius 1 is 1.27 bits per heavy atom. The van der Waals surface area contributed by atoms with Gasteiger partial charge in [0.15, 0.2) is 0 Å². The molecule has 0 saturated heterocycles. The van der Waals surface area contributed by atoms with Gasteiger partial charge in [0.05, 0.1) is 13.2 Å². The third-order valence-electron chi connectivity index (χ3n) is 4.99. The number of rotatable bonds is 6. The average Bonchev–Trinajstić information content (AvgIpc) is 3.38. The Hall–Kier alpha value is -1.39. The molecule has 1 aromatic carbocycles. The number of benzene rings is 1. The van der Waals surface area contributed by atoms with Gasteiger partial charge >= 0.3 is 0 Å². The zero-order valence-corrected chi connectivity index (χ0v) is 13.4. The highest BCUT2D eigenvalue weighted by molar-refractivity contribution is 5.78. The van der Waals surface area contributed by atoms with E-state index >= 15 is 0 Å².